The standard InChI is InChI=1S/C11H20N2O2/c1-11(2,3)15-10(14)13-8-5-4-7(8)9(13)6-12/h7-9H,4-6,12H2,1-3H3/t7?,8-,9-/m0/s1. The molecule has 0 aromatic carbocycles. The van der Waals surface area contributed by atoms with Gasteiger partial charge in [0.05, 0.1) is 6.04 Å². The van der Waals surface area contributed by atoms with Gasteiger partial charge in [-0.25, -0.2) is 4.79 Å². The highest BCUT2D eigenvalue weighted by atomic mass is 16.6. The maximum absolute atomic E-state index is 11.8. The second-order valence-electron chi connectivity index (χ2n) is 5.50. The third-order valence-electron chi connectivity index (χ3n) is 3.34. The molecular formula is C11H20N2O2. The van der Waals surface area contributed by atoms with E-state index in [9.17, 15) is 4.79 Å². The SMILES string of the molecule is CC(C)(C)OC(=O)N1[C@@H](CN)C2CC[C@@H]21. The normalized spacial score (nSPS) is 33.9. The van der Waals surface area contributed by atoms with Crippen LogP contribution in [0.2, 0.25) is 0 Å². The number of carbonyl (C=O) groups is 1. The Labute approximate surface area is 90.8 Å². The summed E-state index contributed by atoms with van der Waals surface area (Å²) >= 11 is 0. The zero-order chi connectivity index (χ0) is 11.2. The molecule has 1 unspecified atom stereocenters. The Kier molecular flexibility index (Phi) is 2.41. The molecule has 2 rings (SSSR count). The molecule has 1 aliphatic carbocycles. The first-order valence-electron chi connectivity index (χ1n) is 5.65. The molecule has 1 aliphatic heterocycles. The van der Waals surface area contributed by atoms with E-state index in [0.29, 0.717) is 18.5 Å². The molecule has 1 saturated carbocycles. The lowest BCUT2D eigenvalue weighted by Crippen LogP contribution is -2.72. The molecule has 2 fully saturated rings. The largest absolute Gasteiger partial charge is 0.444 e. The third-order valence-corrected chi connectivity index (χ3v) is 3.34. The zero-order valence-corrected chi connectivity index (χ0v) is 9.69. The minimum atomic E-state index is -0.412. The number of hydrogen-bond donors (Lipinski definition) is 1. The van der Waals surface area contributed by atoms with Crippen LogP contribution in [0.3, 0.4) is 0 Å². The van der Waals surface area contributed by atoms with Crippen LogP contribution in [0.1, 0.15) is 33.6 Å². The Morgan fingerprint density at radius 1 is 1.47 bits per heavy atom. The summed E-state index contributed by atoms with van der Waals surface area (Å²) < 4.78 is 5.36. The van der Waals surface area contributed by atoms with Crippen molar-refractivity contribution in [1.29, 1.82) is 0 Å². The summed E-state index contributed by atoms with van der Waals surface area (Å²) in [5, 5.41) is 0. The Balaban J connectivity index is 1.96. The first-order chi connectivity index (χ1) is 6.94. The quantitative estimate of drug-likeness (QED) is 0.713. The monoisotopic (exact) mass is 212 g/mol. The average molecular weight is 212 g/mol. The molecule has 3 atom stereocenters. The van der Waals surface area contributed by atoms with Gasteiger partial charge in [0.1, 0.15) is 5.60 Å². The van der Waals surface area contributed by atoms with Gasteiger partial charge in [-0.3, -0.25) is 0 Å². The minimum Gasteiger partial charge on any atom is -0.444 e. The van der Waals surface area contributed by atoms with Gasteiger partial charge in [-0.2, -0.15) is 0 Å². The summed E-state index contributed by atoms with van der Waals surface area (Å²) in [6.07, 6.45) is 2.13. The lowest BCUT2D eigenvalue weighted by atomic mass is 9.65. The zero-order valence-electron chi connectivity index (χ0n) is 9.69. The van der Waals surface area contributed by atoms with Gasteiger partial charge >= 0.3 is 6.09 Å². The van der Waals surface area contributed by atoms with Gasteiger partial charge in [0.15, 0.2) is 0 Å². The van der Waals surface area contributed by atoms with Crippen LogP contribution in [-0.2, 0) is 4.74 Å². The fourth-order valence-electron chi connectivity index (χ4n) is 2.53. The molecule has 0 aromatic rings. The summed E-state index contributed by atoms with van der Waals surface area (Å²) in [6.45, 7) is 6.22. The Hall–Kier alpha value is -0.770. The van der Waals surface area contributed by atoms with Gasteiger partial charge in [-0.1, -0.05) is 0 Å². The van der Waals surface area contributed by atoms with Gasteiger partial charge in [-0.05, 0) is 33.6 Å². The van der Waals surface area contributed by atoms with Crippen LogP contribution in [0.5, 0.6) is 0 Å². The molecule has 86 valence electrons. The van der Waals surface area contributed by atoms with Crippen LogP contribution in [-0.4, -0.2) is 35.2 Å². The highest BCUT2D eigenvalue weighted by molar-refractivity contribution is 5.71. The maximum Gasteiger partial charge on any atom is 0.410 e. The number of fused-ring (bicyclic) bond motifs is 1. The number of piperidine rings is 1. The van der Waals surface area contributed by atoms with E-state index >= 15 is 0 Å². The number of amides is 1. The first-order valence-corrected chi connectivity index (χ1v) is 5.65. The van der Waals surface area contributed by atoms with Crippen LogP contribution in [0, 0.1) is 5.92 Å². The van der Waals surface area contributed by atoms with Crippen molar-refractivity contribution in [2.45, 2.75) is 51.3 Å². The topological polar surface area (TPSA) is 55.6 Å². The number of hydrogen-bond acceptors (Lipinski definition) is 3. The van der Waals surface area contributed by atoms with Crippen molar-refractivity contribution in [2.75, 3.05) is 6.54 Å². The second-order valence-corrected chi connectivity index (χ2v) is 5.50. The molecule has 1 heterocycles. The van der Waals surface area contributed by atoms with Gasteiger partial charge in [0, 0.05) is 18.5 Å². The minimum absolute atomic E-state index is 0.195. The highest BCUT2D eigenvalue weighted by Crippen LogP contribution is 2.47. The highest BCUT2D eigenvalue weighted by Gasteiger charge is 2.56. The van der Waals surface area contributed by atoms with Gasteiger partial charge in [0.25, 0.3) is 0 Å². The Morgan fingerprint density at radius 3 is 2.53 bits per heavy atom. The van der Waals surface area contributed by atoms with E-state index in [1.54, 1.807) is 0 Å². The number of nitrogens with zero attached hydrogens (tertiary/aromatic N) is 1. The van der Waals surface area contributed by atoms with E-state index in [4.69, 9.17) is 10.5 Å². The van der Waals surface area contributed by atoms with Crippen molar-refractivity contribution in [3.05, 3.63) is 0 Å². The van der Waals surface area contributed by atoms with Gasteiger partial charge in [-0.15, -0.1) is 0 Å². The molecule has 1 saturated heterocycles. The van der Waals surface area contributed by atoms with Crippen LogP contribution in [0.4, 0.5) is 4.79 Å². The fraction of sp³-hybridized carbons (Fsp3) is 0.909. The van der Waals surface area contributed by atoms with E-state index in [-0.39, 0.29) is 12.1 Å². The smallest absolute Gasteiger partial charge is 0.410 e. The summed E-state index contributed by atoms with van der Waals surface area (Å²) in [5.74, 6) is 0.641. The second kappa shape index (κ2) is 3.37. The molecule has 0 spiro atoms. The molecule has 0 radical (unpaired) electrons. The average Bonchev–Trinajstić information content (AvgIpc) is 2.04. The summed E-state index contributed by atoms with van der Waals surface area (Å²) in [5.41, 5.74) is 5.25. The van der Waals surface area contributed by atoms with Crippen molar-refractivity contribution in [3.8, 4) is 0 Å². The number of ether oxygens (including phenoxy) is 1. The fourth-order valence-corrected chi connectivity index (χ4v) is 2.53. The molecule has 4 heteroatoms. The first kappa shape index (κ1) is 10.7. The molecule has 1 amide bonds. The van der Waals surface area contributed by atoms with Crippen LogP contribution in [0.15, 0.2) is 0 Å². The maximum atomic E-state index is 11.8. The number of rotatable bonds is 1. The predicted octanol–water partition coefficient (Wildman–Crippen LogP) is 1.34. The van der Waals surface area contributed by atoms with Gasteiger partial charge < -0.3 is 15.4 Å². The van der Waals surface area contributed by atoms with E-state index in [0.717, 1.165) is 6.42 Å². The Bertz CT molecular complexity index is 272. The molecule has 15 heavy (non-hydrogen) atoms. The molecule has 2 N–H and O–H groups in total. The van der Waals surface area contributed by atoms with Crippen LogP contribution < -0.4 is 5.73 Å². The predicted molar refractivity (Wildman–Crippen MR) is 57.4 cm³/mol. The number of nitrogens with two attached hydrogens (primary N) is 1. The summed E-state index contributed by atoms with van der Waals surface area (Å²) in [4.78, 5) is 13.7. The molecular weight excluding hydrogens is 192 g/mol. The van der Waals surface area contributed by atoms with Crippen molar-refractivity contribution in [3.63, 3.8) is 0 Å². The summed E-state index contributed by atoms with van der Waals surface area (Å²) in [6, 6.07) is 0.631. The van der Waals surface area contributed by atoms with Crippen molar-refractivity contribution >= 4 is 6.09 Å². The van der Waals surface area contributed by atoms with Gasteiger partial charge in [0.2, 0.25) is 0 Å². The van der Waals surface area contributed by atoms with Crippen molar-refractivity contribution in [1.82, 2.24) is 4.90 Å². The van der Waals surface area contributed by atoms with E-state index in [1.807, 2.05) is 25.7 Å². The molecule has 0 aromatic heterocycles. The van der Waals surface area contributed by atoms with Crippen LogP contribution >= 0.6 is 0 Å². The van der Waals surface area contributed by atoms with Crippen molar-refractivity contribution < 1.29 is 9.53 Å². The molecule has 4 nitrogen and oxygen atoms in total. The molecule has 2 aliphatic rings. The van der Waals surface area contributed by atoms with Crippen molar-refractivity contribution in [2.24, 2.45) is 11.7 Å². The number of likely N-dealkylation sites (tertiary alicyclic amines) is 1. The van der Waals surface area contributed by atoms with E-state index < -0.39 is 5.60 Å². The lowest BCUT2D eigenvalue weighted by molar-refractivity contribution is -0.112. The number of carbonyl (C=O) groups excluding carboxylic acids is 1. The summed E-state index contributed by atoms with van der Waals surface area (Å²) in [7, 11) is 0. The molecule has 0 bridgehead atoms. The van der Waals surface area contributed by atoms with Crippen LogP contribution in [0.25, 0.3) is 0 Å². The van der Waals surface area contributed by atoms with E-state index in [2.05, 4.69) is 0 Å². The lowest BCUT2D eigenvalue weighted by Gasteiger charge is -2.61. The Morgan fingerprint density at radius 2 is 2.13 bits per heavy atom. The van der Waals surface area contributed by atoms with E-state index in [1.165, 1.54) is 6.42 Å². The third kappa shape index (κ3) is 1.71.